The van der Waals surface area contributed by atoms with Gasteiger partial charge in [-0.05, 0) is 32.8 Å². The molecule has 0 aliphatic rings. The lowest BCUT2D eigenvalue weighted by molar-refractivity contribution is -0.384. The van der Waals surface area contributed by atoms with Crippen molar-refractivity contribution < 1.29 is 4.92 Å². The van der Waals surface area contributed by atoms with Crippen molar-refractivity contribution in [3.8, 4) is 0 Å². The zero-order valence-electron chi connectivity index (χ0n) is 14.3. The van der Waals surface area contributed by atoms with Gasteiger partial charge in [0, 0.05) is 42.5 Å². The highest BCUT2D eigenvalue weighted by molar-refractivity contribution is 5.34. The van der Waals surface area contributed by atoms with Crippen molar-refractivity contribution in [3.63, 3.8) is 0 Å². The molecule has 0 bridgehead atoms. The summed E-state index contributed by atoms with van der Waals surface area (Å²) in [5, 5.41) is 18.9. The molecule has 0 aliphatic heterocycles. The molecule has 0 fully saturated rings. The third-order valence-corrected chi connectivity index (χ3v) is 4.38. The molecule has 0 aliphatic carbocycles. The molecule has 1 aromatic heterocycles. The van der Waals surface area contributed by atoms with Gasteiger partial charge in [0.2, 0.25) is 0 Å². The van der Waals surface area contributed by atoms with E-state index in [1.807, 2.05) is 30.8 Å². The van der Waals surface area contributed by atoms with Gasteiger partial charge in [-0.25, -0.2) is 0 Å². The molecule has 0 amide bonds. The lowest BCUT2D eigenvalue weighted by Gasteiger charge is -2.23. The maximum atomic E-state index is 10.7. The van der Waals surface area contributed by atoms with Crippen molar-refractivity contribution in [2.75, 3.05) is 0 Å². The quantitative estimate of drug-likeness (QED) is 0.650. The van der Waals surface area contributed by atoms with E-state index >= 15 is 0 Å². The number of aryl methyl sites for hydroxylation is 2. The predicted octanol–water partition coefficient (Wildman–Crippen LogP) is 3.75. The predicted molar refractivity (Wildman–Crippen MR) is 90.4 cm³/mol. The van der Waals surface area contributed by atoms with Gasteiger partial charge in [-0.15, -0.1) is 0 Å². The normalized spacial score (nSPS) is 13.8. The van der Waals surface area contributed by atoms with E-state index in [1.54, 1.807) is 12.1 Å². The van der Waals surface area contributed by atoms with Gasteiger partial charge in [0.05, 0.1) is 10.6 Å². The fraction of sp³-hybridized carbons (Fsp3) is 0.471. The smallest absolute Gasteiger partial charge is 0.269 e. The van der Waals surface area contributed by atoms with Gasteiger partial charge in [-0.2, -0.15) is 5.10 Å². The van der Waals surface area contributed by atoms with Crippen LogP contribution in [-0.2, 0) is 7.05 Å². The number of hydrogen-bond donors (Lipinski definition) is 1. The fourth-order valence-electron chi connectivity index (χ4n) is 2.98. The van der Waals surface area contributed by atoms with Crippen LogP contribution in [0.4, 0.5) is 5.69 Å². The molecule has 2 aromatic rings. The highest BCUT2D eigenvalue weighted by atomic mass is 16.6. The van der Waals surface area contributed by atoms with E-state index in [4.69, 9.17) is 0 Å². The number of aromatic nitrogens is 2. The van der Waals surface area contributed by atoms with E-state index in [0.717, 1.165) is 23.4 Å². The molecule has 1 N–H and O–H groups in total. The molecule has 6 heteroatoms. The van der Waals surface area contributed by atoms with Gasteiger partial charge >= 0.3 is 0 Å². The molecular weight excluding hydrogens is 292 g/mol. The third-order valence-electron chi connectivity index (χ3n) is 4.38. The van der Waals surface area contributed by atoms with Crippen molar-refractivity contribution in [2.45, 2.75) is 46.2 Å². The number of nitrogens with zero attached hydrogens (tertiary/aromatic N) is 3. The summed E-state index contributed by atoms with van der Waals surface area (Å²) in [6, 6.07) is 7.02. The Bertz CT molecular complexity index is 691. The first-order chi connectivity index (χ1) is 10.8. The summed E-state index contributed by atoms with van der Waals surface area (Å²) in [7, 11) is 1.96. The molecule has 6 nitrogen and oxygen atoms in total. The molecule has 2 unspecified atom stereocenters. The fourth-order valence-corrected chi connectivity index (χ4v) is 2.98. The Kier molecular flexibility index (Phi) is 5.15. The summed E-state index contributed by atoms with van der Waals surface area (Å²) < 4.78 is 1.91. The first kappa shape index (κ1) is 17.1. The maximum absolute atomic E-state index is 10.7. The van der Waals surface area contributed by atoms with Crippen LogP contribution in [0.3, 0.4) is 0 Å². The van der Waals surface area contributed by atoms with Gasteiger partial charge < -0.3 is 5.32 Å². The molecule has 1 aromatic carbocycles. The molecule has 23 heavy (non-hydrogen) atoms. The van der Waals surface area contributed by atoms with Crippen LogP contribution in [0.5, 0.6) is 0 Å². The van der Waals surface area contributed by atoms with E-state index in [1.165, 1.54) is 5.56 Å². The Morgan fingerprint density at radius 3 is 2.35 bits per heavy atom. The van der Waals surface area contributed by atoms with Crippen LogP contribution in [0.2, 0.25) is 0 Å². The average Bonchev–Trinajstić information content (AvgIpc) is 2.78. The number of rotatable bonds is 6. The lowest BCUT2D eigenvalue weighted by atomic mass is 9.99. The van der Waals surface area contributed by atoms with Gasteiger partial charge in [0.1, 0.15) is 0 Å². The number of hydrogen-bond acceptors (Lipinski definition) is 4. The van der Waals surface area contributed by atoms with Crippen molar-refractivity contribution in [1.82, 2.24) is 15.1 Å². The molecule has 2 rings (SSSR count). The Morgan fingerprint density at radius 1 is 1.30 bits per heavy atom. The summed E-state index contributed by atoms with van der Waals surface area (Å²) in [5.41, 5.74) is 4.60. The highest BCUT2D eigenvalue weighted by Crippen LogP contribution is 2.27. The van der Waals surface area contributed by atoms with E-state index in [9.17, 15) is 10.1 Å². The van der Waals surface area contributed by atoms with Crippen LogP contribution in [0, 0.1) is 24.0 Å². The lowest BCUT2D eigenvalue weighted by Crippen LogP contribution is -2.25. The molecule has 0 radical (unpaired) electrons. The zero-order chi connectivity index (χ0) is 17.1. The van der Waals surface area contributed by atoms with Crippen molar-refractivity contribution in [1.29, 1.82) is 0 Å². The summed E-state index contributed by atoms with van der Waals surface area (Å²) in [4.78, 5) is 10.4. The first-order valence-corrected chi connectivity index (χ1v) is 7.85. The number of nitrogens with one attached hydrogen (secondary N) is 1. The van der Waals surface area contributed by atoms with Gasteiger partial charge in [0.15, 0.2) is 0 Å². The molecule has 2 atom stereocenters. The summed E-state index contributed by atoms with van der Waals surface area (Å²) in [6.07, 6.45) is 0.949. The SMILES string of the molecule is CCC(NC(C)c1ccc([N+](=O)[O-])cc1)c1c(C)nn(C)c1C. The molecule has 0 spiro atoms. The minimum absolute atomic E-state index is 0.0970. The monoisotopic (exact) mass is 316 g/mol. The standard InChI is InChI=1S/C17H24N4O2/c1-6-16(17-12(3)19-20(5)13(17)4)18-11(2)14-7-9-15(10-8-14)21(22)23/h7-11,16,18H,6H2,1-5H3. The highest BCUT2D eigenvalue weighted by Gasteiger charge is 2.21. The Morgan fingerprint density at radius 2 is 1.91 bits per heavy atom. The molecule has 0 saturated carbocycles. The minimum Gasteiger partial charge on any atom is -0.303 e. The maximum Gasteiger partial charge on any atom is 0.269 e. The zero-order valence-corrected chi connectivity index (χ0v) is 14.3. The van der Waals surface area contributed by atoms with Crippen LogP contribution < -0.4 is 5.32 Å². The minimum atomic E-state index is -0.376. The number of non-ortho nitro benzene ring substituents is 1. The molecule has 124 valence electrons. The number of nitro groups is 1. The largest absolute Gasteiger partial charge is 0.303 e. The van der Waals surface area contributed by atoms with Crippen LogP contribution in [0.1, 0.15) is 54.9 Å². The van der Waals surface area contributed by atoms with Crippen LogP contribution in [0.25, 0.3) is 0 Å². The van der Waals surface area contributed by atoms with E-state index < -0.39 is 0 Å². The summed E-state index contributed by atoms with van der Waals surface area (Å²) in [6.45, 7) is 8.33. The van der Waals surface area contributed by atoms with Crippen LogP contribution in [-0.4, -0.2) is 14.7 Å². The van der Waals surface area contributed by atoms with Crippen molar-refractivity contribution in [3.05, 3.63) is 56.9 Å². The number of benzene rings is 1. The second-order valence-electron chi connectivity index (χ2n) is 5.91. The third kappa shape index (κ3) is 3.59. The molecule has 0 saturated heterocycles. The second-order valence-corrected chi connectivity index (χ2v) is 5.91. The Balaban J connectivity index is 2.19. The van der Waals surface area contributed by atoms with Crippen LogP contribution >= 0.6 is 0 Å². The van der Waals surface area contributed by atoms with Crippen LogP contribution in [0.15, 0.2) is 24.3 Å². The topological polar surface area (TPSA) is 73.0 Å². The van der Waals surface area contributed by atoms with E-state index in [-0.39, 0.29) is 22.7 Å². The van der Waals surface area contributed by atoms with Crippen molar-refractivity contribution in [2.24, 2.45) is 7.05 Å². The summed E-state index contributed by atoms with van der Waals surface area (Å²) in [5.74, 6) is 0. The van der Waals surface area contributed by atoms with Crippen molar-refractivity contribution >= 4 is 5.69 Å². The first-order valence-electron chi connectivity index (χ1n) is 7.85. The second kappa shape index (κ2) is 6.91. The van der Waals surface area contributed by atoms with Gasteiger partial charge in [0.25, 0.3) is 5.69 Å². The van der Waals surface area contributed by atoms with E-state index in [0.29, 0.717) is 0 Å². The Labute approximate surface area is 136 Å². The van der Waals surface area contributed by atoms with Gasteiger partial charge in [-0.3, -0.25) is 14.8 Å². The average molecular weight is 316 g/mol. The molecule has 1 heterocycles. The molecular formula is C17H24N4O2. The number of nitro benzene ring substituents is 1. The summed E-state index contributed by atoms with van der Waals surface area (Å²) >= 11 is 0. The Hall–Kier alpha value is -2.21. The van der Waals surface area contributed by atoms with Gasteiger partial charge in [-0.1, -0.05) is 19.1 Å². The van der Waals surface area contributed by atoms with E-state index in [2.05, 4.69) is 31.2 Å².